The summed E-state index contributed by atoms with van der Waals surface area (Å²) in [5.74, 6) is 1.44. The van der Waals surface area contributed by atoms with Crippen LogP contribution in [0.15, 0.2) is 37.0 Å². The third-order valence-electron chi connectivity index (χ3n) is 3.68. The summed E-state index contributed by atoms with van der Waals surface area (Å²) < 4.78 is -0.588. The monoisotopic (exact) mass is 272 g/mol. The molecule has 0 aromatic carbocycles. The lowest BCUT2D eigenvalue weighted by Crippen LogP contribution is -2.27. The fourth-order valence-electron chi connectivity index (χ4n) is 3.02. The normalized spacial score (nSPS) is 38.5. The predicted molar refractivity (Wildman–Crippen MR) is 69.1 cm³/mol. The van der Waals surface area contributed by atoms with Crippen molar-refractivity contribution in [3.63, 3.8) is 0 Å². The van der Waals surface area contributed by atoms with Crippen molar-refractivity contribution in [3.05, 3.63) is 37.0 Å². The van der Waals surface area contributed by atoms with Crippen molar-refractivity contribution >= 4 is 29.2 Å². The van der Waals surface area contributed by atoms with Gasteiger partial charge in [-0.15, -0.1) is 0 Å². The van der Waals surface area contributed by atoms with E-state index in [9.17, 15) is 4.79 Å². The molecule has 0 heterocycles. The van der Waals surface area contributed by atoms with Crippen LogP contribution in [0, 0.1) is 23.7 Å². The van der Waals surface area contributed by atoms with E-state index in [2.05, 4.69) is 24.8 Å². The van der Waals surface area contributed by atoms with Crippen molar-refractivity contribution < 1.29 is 9.90 Å². The second-order valence-electron chi connectivity index (χ2n) is 4.63. The van der Waals surface area contributed by atoms with Gasteiger partial charge in [0.2, 0.25) is 0 Å². The van der Waals surface area contributed by atoms with E-state index in [1.165, 1.54) is 6.42 Å². The summed E-state index contributed by atoms with van der Waals surface area (Å²) in [4.78, 5) is 9.25. The molecule has 2 bridgehead atoms. The number of rotatable bonds is 1. The van der Waals surface area contributed by atoms with E-state index in [4.69, 9.17) is 28.3 Å². The standard InChI is InChI=1S/C10H10Cl2.C3H4O2/c11-10(12)4-3-8-6-1-2-7(5-6)9(8)10;1-2-3(4)5/h1-4,6-9H,5H2;2H,1H2,(H,4,5). The van der Waals surface area contributed by atoms with E-state index >= 15 is 0 Å². The van der Waals surface area contributed by atoms with E-state index in [1.807, 2.05) is 6.08 Å². The Kier molecular flexibility index (Phi) is 3.37. The molecule has 2 nitrogen and oxygen atoms in total. The number of carboxylic acids is 1. The average Bonchev–Trinajstić information content (AvgIpc) is 2.92. The Morgan fingerprint density at radius 1 is 1.35 bits per heavy atom. The van der Waals surface area contributed by atoms with Gasteiger partial charge in [0.25, 0.3) is 0 Å². The Labute approximate surface area is 111 Å². The Morgan fingerprint density at radius 2 is 1.94 bits per heavy atom. The van der Waals surface area contributed by atoms with Gasteiger partial charge in [-0.05, 0) is 24.2 Å². The minimum Gasteiger partial charge on any atom is -0.478 e. The van der Waals surface area contributed by atoms with E-state index in [-0.39, 0.29) is 0 Å². The molecule has 4 heteroatoms. The van der Waals surface area contributed by atoms with Gasteiger partial charge in [-0.3, -0.25) is 0 Å². The van der Waals surface area contributed by atoms with Crippen LogP contribution in [0.4, 0.5) is 0 Å². The predicted octanol–water partition coefficient (Wildman–Crippen LogP) is 3.43. The fraction of sp³-hybridized carbons (Fsp3) is 0.462. The highest BCUT2D eigenvalue weighted by molar-refractivity contribution is 6.50. The summed E-state index contributed by atoms with van der Waals surface area (Å²) >= 11 is 12.4. The van der Waals surface area contributed by atoms with E-state index in [0.29, 0.717) is 17.8 Å². The lowest BCUT2D eigenvalue weighted by atomic mass is 9.85. The largest absolute Gasteiger partial charge is 0.478 e. The number of carbonyl (C=O) groups is 1. The molecule has 4 unspecified atom stereocenters. The number of halogens is 2. The van der Waals surface area contributed by atoms with Gasteiger partial charge in [0.15, 0.2) is 0 Å². The maximum Gasteiger partial charge on any atom is 0.327 e. The van der Waals surface area contributed by atoms with Crippen LogP contribution in [0.25, 0.3) is 0 Å². The molecule has 0 aliphatic heterocycles. The molecule has 1 fully saturated rings. The molecule has 0 amide bonds. The van der Waals surface area contributed by atoms with Crippen LogP contribution in [0.5, 0.6) is 0 Å². The molecule has 17 heavy (non-hydrogen) atoms. The van der Waals surface area contributed by atoms with Crippen LogP contribution in [-0.4, -0.2) is 15.4 Å². The van der Waals surface area contributed by atoms with Crippen LogP contribution >= 0.6 is 23.2 Å². The number of alkyl halides is 2. The first kappa shape index (κ1) is 12.7. The molecule has 3 aliphatic carbocycles. The molecule has 0 saturated heterocycles. The Hall–Kier alpha value is -0.730. The summed E-state index contributed by atoms with van der Waals surface area (Å²) in [5, 5.41) is 7.60. The lowest BCUT2D eigenvalue weighted by Gasteiger charge is -2.27. The quantitative estimate of drug-likeness (QED) is 0.451. The van der Waals surface area contributed by atoms with E-state index in [1.54, 1.807) is 0 Å². The van der Waals surface area contributed by atoms with Gasteiger partial charge in [0, 0.05) is 12.0 Å². The molecular weight excluding hydrogens is 259 g/mol. The van der Waals surface area contributed by atoms with Crippen molar-refractivity contribution in [1.29, 1.82) is 0 Å². The molecule has 1 saturated carbocycles. The molecule has 0 aromatic rings. The molecular formula is C13H14Cl2O2. The molecule has 3 rings (SSSR count). The average molecular weight is 273 g/mol. The molecule has 0 spiro atoms. The van der Waals surface area contributed by atoms with Gasteiger partial charge in [-0.2, -0.15) is 0 Å². The molecule has 0 aromatic heterocycles. The minimum atomic E-state index is -0.981. The lowest BCUT2D eigenvalue weighted by molar-refractivity contribution is -0.131. The third-order valence-corrected chi connectivity index (χ3v) is 4.44. The van der Waals surface area contributed by atoms with Crippen LogP contribution in [-0.2, 0) is 4.79 Å². The van der Waals surface area contributed by atoms with Gasteiger partial charge < -0.3 is 5.11 Å². The Bertz CT molecular complexity index is 398. The summed E-state index contributed by atoms with van der Waals surface area (Å²) in [6.45, 7) is 2.96. The van der Waals surface area contributed by atoms with E-state index < -0.39 is 10.3 Å². The number of hydrogen-bond donors (Lipinski definition) is 1. The van der Waals surface area contributed by atoms with Crippen molar-refractivity contribution in [2.75, 3.05) is 0 Å². The van der Waals surface area contributed by atoms with Crippen LogP contribution in [0.2, 0.25) is 0 Å². The van der Waals surface area contributed by atoms with Crippen LogP contribution in [0.3, 0.4) is 0 Å². The van der Waals surface area contributed by atoms with Gasteiger partial charge >= 0.3 is 5.97 Å². The summed E-state index contributed by atoms with van der Waals surface area (Å²) in [6, 6.07) is 0. The number of allylic oxidation sites excluding steroid dienone is 4. The maximum absolute atomic E-state index is 9.25. The van der Waals surface area contributed by atoms with Crippen molar-refractivity contribution in [3.8, 4) is 0 Å². The van der Waals surface area contributed by atoms with Crippen molar-refractivity contribution in [1.82, 2.24) is 0 Å². The molecule has 4 atom stereocenters. The van der Waals surface area contributed by atoms with E-state index in [0.717, 1.165) is 12.0 Å². The summed E-state index contributed by atoms with van der Waals surface area (Å²) in [7, 11) is 0. The van der Waals surface area contributed by atoms with Crippen molar-refractivity contribution in [2.45, 2.75) is 10.8 Å². The zero-order chi connectivity index (χ0) is 12.6. The maximum atomic E-state index is 9.25. The Balaban J connectivity index is 0.000000188. The topological polar surface area (TPSA) is 37.3 Å². The van der Waals surface area contributed by atoms with Crippen LogP contribution in [0.1, 0.15) is 6.42 Å². The number of fused-ring (bicyclic) bond motifs is 5. The highest BCUT2D eigenvalue weighted by Gasteiger charge is 2.54. The molecule has 0 radical (unpaired) electrons. The number of carboxylic acid groups (broad SMARTS) is 1. The third kappa shape index (κ3) is 2.29. The second kappa shape index (κ2) is 4.51. The first-order valence-electron chi connectivity index (χ1n) is 5.56. The first-order chi connectivity index (χ1) is 7.95. The van der Waals surface area contributed by atoms with Gasteiger partial charge in [0.1, 0.15) is 4.33 Å². The SMILES string of the molecule is C=CC(=O)O.ClC1(Cl)C=CC2C3C=CC(C3)C21. The summed E-state index contributed by atoms with van der Waals surface area (Å²) in [6.07, 6.45) is 10.9. The number of aliphatic carboxylic acids is 1. The van der Waals surface area contributed by atoms with Crippen LogP contribution < -0.4 is 0 Å². The summed E-state index contributed by atoms with van der Waals surface area (Å²) in [5.41, 5.74) is 0. The first-order valence-corrected chi connectivity index (χ1v) is 6.32. The number of hydrogen-bond acceptors (Lipinski definition) is 1. The van der Waals surface area contributed by atoms with Gasteiger partial charge in [-0.1, -0.05) is 54.1 Å². The molecule has 92 valence electrons. The fourth-order valence-corrected chi connectivity index (χ4v) is 3.78. The van der Waals surface area contributed by atoms with Crippen molar-refractivity contribution in [2.24, 2.45) is 23.7 Å². The van der Waals surface area contributed by atoms with Gasteiger partial charge in [0.05, 0.1) is 0 Å². The molecule has 1 N–H and O–H groups in total. The second-order valence-corrected chi connectivity index (χ2v) is 6.07. The van der Waals surface area contributed by atoms with Gasteiger partial charge in [-0.25, -0.2) is 4.79 Å². The Morgan fingerprint density at radius 3 is 2.47 bits per heavy atom. The highest BCUT2D eigenvalue weighted by Crippen LogP contribution is 2.59. The molecule has 3 aliphatic rings. The zero-order valence-electron chi connectivity index (χ0n) is 9.22. The minimum absolute atomic E-state index is 0.454. The highest BCUT2D eigenvalue weighted by atomic mass is 35.5. The zero-order valence-corrected chi connectivity index (χ0v) is 10.7. The smallest absolute Gasteiger partial charge is 0.327 e.